The fraction of sp³-hybridized carbons (Fsp3) is 1.00. The number of hydrogen-bond donors (Lipinski definition) is 1. The molecule has 0 aromatic carbocycles. The summed E-state index contributed by atoms with van der Waals surface area (Å²) >= 11 is 0. The summed E-state index contributed by atoms with van der Waals surface area (Å²) in [5, 5.41) is 3.46. The number of hydrogen-bond acceptors (Lipinski definition) is 2. The van der Waals surface area contributed by atoms with Crippen molar-refractivity contribution in [2.45, 2.75) is 59.5 Å². The molecule has 0 aromatic rings. The summed E-state index contributed by atoms with van der Waals surface area (Å²) < 4.78 is 0. The van der Waals surface area contributed by atoms with E-state index in [1.807, 2.05) is 0 Å². The molecule has 14 heavy (non-hydrogen) atoms. The Labute approximate surface area is 90.1 Å². The van der Waals surface area contributed by atoms with Gasteiger partial charge in [0, 0.05) is 18.6 Å². The normalized spacial score (nSPS) is 13.9. The lowest BCUT2D eigenvalue weighted by Crippen LogP contribution is -2.45. The van der Waals surface area contributed by atoms with Crippen LogP contribution in [0.5, 0.6) is 0 Å². The largest absolute Gasteiger partial charge is 0.315 e. The highest BCUT2D eigenvalue weighted by atomic mass is 15.2. The van der Waals surface area contributed by atoms with Crippen molar-refractivity contribution < 1.29 is 0 Å². The smallest absolute Gasteiger partial charge is 0.0223 e. The number of nitrogens with one attached hydrogen (secondary N) is 1. The van der Waals surface area contributed by atoms with Crippen LogP contribution in [0.15, 0.2) is 0 Å². The third kappa shape index (κ3) is 4.97. The van der Waals surface area contributed by atoms with E-state index in [1.165, 1.54) is 12.8 Å². The summed E-state index contributed by atoms with van der Waals surface area (Å²) in [6.45, 7) is 14.7. The highest BCUT2D eigenvalue weighted by Gasteiger charge is 2.17. The number of nitrogens with zero attached hydrogens (tertiary/aromatic N) is 1. The van der Waals surface area contributed by atoms with Gasteiger partial charge < -0.3 is 5.32 Å². The predicted octanol–water partition coefficient (Wildman–Crippen LogP) is 2.49. The highest BCUT2D eigenvalue weighted by molar-refractivity contribution is 4.75. The molecule has 0 radical (unpaired) electrons. The van der Waals surface area contributed by atoms with Gasteiger partial charge >= 0.3 is 0 Å². The molecule has 0 aliphatic carbocycles. The molecule has 0 rings (SSSR count). The molecule has 0 saturated heterocycles. The quantitative estimate of drug-likeness (QED) is 0.647. The zero-order valence-electron chi connectivity index (χ0n) is 10.6. The van der Waals surface area contributed by atoms with Crippen molar-refractivity contribution in [3.05, 3.63) is 0 Å². The lowest BCUT2D eigenvalue weighted by molar-refractivity contribution is 0.150. The minimum atomic E-state index is 0.662. The van der Waals surface area contributed by atoms with E-state index in [0.29, 0.717) is 12.1 Å². The fourth-order valence-corrected chi connectivity index (χ4v) is 2.07. The molecular formula is C12H28N2. The van der Waals surface area contributed by atoms with Crippen LogP contribution < -0.4 is 5.32 Å². The number of likely N-dealkylation sites (N-methyl/N-ethyl adjacent to an activating group) is 2. The fourth-order valence-electron chi connectivity index (χ4n) is 2.07. The molecule has 0 heterocycles. The van der Waals surface area contributed by atoms with Gasteiger partial charge in [0.2, 0.25) is 0 Å². The van der Waals surface area contributed by atoms with Crippen molar-refractivity contribution in [2.24, 2.45) is 0 Å². The van der Waals surface area contributed by atoms with Crippen LogP contribution in [-0.2, 0) is 0 Å². The van der Waals surface area contributed by atoms with Gasteiger partial charge in [-0.05, 0) is 33.4 Å². The lowest BCUT2D eigenvalue weighted by Gasteiger charge is -2.34. The molecule has 1 unspecified atom stereocenters. The second-order valence-electron chi connectivity index (χ2n) is 4.17. The lowest BCUT2D eigenvalue weighted by atomic mass is 10.1. The molecule has 0 aliphatic heterocycles. The monoisotopic (exact) mass is 200 g/mol. The highest BCUT2D eigenvalue weighted by Crippen LogP contribution is 2.10. The first-order valence-corrected chi connectivity index (χ1v) is 6.13. The van der Waals surface area contributed by atoms with Gasteiger partial charge in [0.25, 0.3) is 0 Å². The number of rotatable bonds is 8. The maximum atomic E-state index is 3.46. The molecule has 0 bridgehead atoms. The molecule has 0 spiro atoms. The van der Waals surface area contributed by atoms with Crippen LogP contribution in [0.25, 0.3) is 0 Å². The van der Waals surface area contributed by atoms with Gasteiger partial charge in [-0.1, -0.05) is 27.2 Å². The van der Waals surface area contributed by atoms with Gasteiger partial charge in [-0.15, -0.1) is 0 Å². The topological polar surface area (TPSA) is 15.3 Å². The van der Waals surface area contributed by atoms with E-state index in [4.69, 9.17) is 0 Å². The maximum absolute atomic E-state index is 3.46. The Hall–Kier alpha value is -0.0800. The Morgan fingerprint density at radius 3 is 2.14 bits per heavy atom. The first-order chi connectivity index (χ1) is 6.67. The summed E-state index contributed by atoms with van der Waals surface area (Å²) in [5.41, 5.74) is 0. The summed E-state index contributed by atoms with van der Waals surface area (Å²) in [6.07, 6.45) is 2.58. The zero-order valence-corrected chi connectivity index (χ0v) is 10.6. The molecule has 0 fully saturated rings. The summed E-state index contributed by atoms with van der Waals surface area (Å²) in [6, 6.07) is 1.38. The van der Waals surface area contributed by atoms with E-state index in [2.05, 4.69) is 44.8 Å². The van der Waals surface area contributed by atoms with E-state index in [1.54, 1.807) is 0 Å². The van der Waals surface area contributed by atoms with Crippen molar-refractivity contribution in [2.75, 3.05) is 19.6 Å². The first kappa shape index (κ1) is 13.9. The van der Waals surface area contributed by atoms with Gasteiger partial charge in [-0.25, -0.2) is 0 Å². The zero-order chi connectivity index (χ0) is 11.0. The average Bonchev–Trinajstić information content (AvgIpc) is 2.14. The van der Waals surface area contributed by atoms with E-state index < -0.39 is 0 Å². The standard InChI is InChI=1S/C12H28N2/c1-6-9-12(10-13-7-2)14(8-3)11(4)5/h11-13H,6-10H2,1-5H3. The van der Waals surface area contributed by atoms with Crippen LogP contribution >= 0.6 is 0 Å². The van der Waals surface area contributed by atoms with Crippen LogP contribution in [0.1, 0.15) is 47.5 Å². The van der Waals surface area contributed by atoms with Crippen LogP contribution in [0.4, 0.5) is 0 Å². The van der Waals surface area contributed by atoms with Crippen molar-refractivity contribution >= 4 is 0 Å². The Morgan fingerprint density at radius 1 is 1.14 bits per heavy atom. The molecule has 0 aliphatic rings. The van der Waals surface area contributed by atoms with E-state index in [0.717, 1.165) is 19.6 Å². The third-order valence-corrected chi connectivity index (χ3v) is 2.75. The summed E-state index contributed by atoms with van der Waals surface area (Å²) in [4.78, 5) is 2.59. The molecule has 2 nitrogen and oxygen atoms in total. The molecule has 1 N–H and O–H groups in total. The second kappa shape index (κ2) is 8.25. The van der Waals surface area contributed by atoms with Gasteiger partial charge in [0.05, 0.1) is 0 Å². The molecule has 86 valence electrons. The Kier molecular flexibility index (Phi) is 8.20. The predicted molar refractivity (Wildman–Crippen MR) is 64.8 cm³/mol. The van der Waals surface area contributed by atoms with Gasteiger partial charge in [-0.2, -0.15) is 0 Å². The van der Waals surface area contributed by atoms with Crippen molar-refractivity contribution in [3.8, 4) is 0 Å². The summed E-state index contributed by atoms with van der Waals surface area (Å²) in [7, 11) is 0. The third-order valence-electron chi connectivity index (χ3n) is 2.75. The molecule has 0 saturated carbocycles. The second-order valence-corrected chi connectivity index (χ2v) is 4.17. The Balaban J connectivity index is 4.12. The maximum Gasteiger partial charge on any atom is 0.0223 e. The van der Waals surface area contributed by atoms with Crippen LogP contribution in [-0.4, -0.2) is 36.6 Å². The van der Waals surface area contributed by atoms with E-state index in [9.17, 15) is 0 Å². The minimum Gasteiger partial charge on any atom is -0.315 e. The minimum absolute atomic E-state index is 0.662. The molecular weight excluding hydrogens is 172 g/mol. The van der Waals surface area contributed by atoms with Crippen molar-refractivity contribution in [1.82, 2.24) is 10.2 Å². The van der Waals surface area contributed by atoms with Crippen molar-refractivity contribution in [3.63, 3.8) is 0 Å². The first-order valence-electron chi connectivity index (χ1n) is 6.13. The van der Waals surface area contributed by atoms with Crippen LogP contribution in [0, 0.1) is 0 Å². The van der Waals surface area contributed by atoms with E-state index >= 15 is 0 Å². The van der Waals surface area contributed by atoms with Crippen LogP contribution in [0.3, 0.4) is 0 Å². The molecule has 1 atom stereocenters. The molecule has 0 aromatic heterocycles. The summed E-state index contributed by atoms with van der Waals surface area (Å²) in [5.74, 6) is 0. The van der Waals surface area contributed by atoms with Gasteiger partial charge in [0.15, 0.2) is 0 Å². The van der Waals surface area contributed by atoms with Crippen LogP contribution in [0.2, 0.25) is 0 Å². The van der Waals surface area contributed by atoms with Gasteiger partial charge in [0.1, 0.15) is 0 Å². The Morgan fingerprint density at radius 2 is 1.79 bits per heavy atom. The average molecular weight is 200 g/mol. The van der Waals surface area contributed by atoms with E-state index in [-0.39, 0.29) is 0 Å². The molecule has 0 amide bonds. The van der Waals surface area contributed by atoms with Crippen molar-refractivity contribution in [1.29, 1.82) is 0 Å². The molecule has 2 heteroatoms. The SMILES string of the molecule is CCCC(CNCC)N(CC)C(C)C. The Bertz CT molecular complexity index is 123. The van der Waals surface area contributed by atoms with Gasteiger partial charge in [-0.3, -0.25) is 4.90 Å².